The zero-order valence-electron chi connectivity index (χ0n) is 20.5. The minimum Gasteiger partial charge on any atom is -0.366 e. The number of primary amides is 1. The quantitative estimate of drug-likeness (QED) is 0.272. The van der Waals surface area contributed by atoms with E-state index in [4.69, 9.17) is 17.3 Å². The Hall–Kier alpha value is -3.65. The van der Waals surface area contributed by atoms with Crippen LogP contribution in [-0.2, 0) is 10.0 Å². The van der Waals surface area contributed by atoms with Crippen molar-refractivity contribution in [2.45, 2.75) is 23.7 Å². The Kier molecular flexibility index (Phi) is 6.22. The fraction of sp³-hybridized carbons (Fsp3) is 0.167. The maximum Gasteiger partial charge on any atom is 0.250 e. The number of carbonyl (C=O) groups is 1. The predicted molar refractivity (Wildman–Crippen MR) is 152 cm³/mol. The first-order chi connectivity index (χ1) is 18.3. The van der Waals surface area contributed by atoms with Gasteiger partial charge in [-0.3, -0.25) is 4.79 Å². The summed E-state index contributed by atoms with van der Waals surface area (Å²) in [5.41, 5.74) is 9.91. The first-order valence-corrected chi connectivity index (χ1v) is 14.3. The molecule has 1 aliphatic rings. The number of nitrogens with two attached hydrogens (primary N) is 1. The van der Waals surface area contributed by atoms with E-state index < -0.39 is 15.9 Å². The van der Waals surface area contributed by atoms with Crippen LogP contribution < -0.4 is 5.73 Å². The Morgan fingerprint density at radius 3 is 2.32 bits per heavy atom. The lowest BCUT2D eigenvalue weighted by molar-refractivity contribution is 0.100. The van der Waals surface area contributed by atoms with Gasteiger partial charge in [0.2, 0.25) is 10.0 Å². The average Bonchev–Trinajstić information content (AvgIpc) is 3.37. The molecule has 0 atom stereocenters. The zero-order valence-corrected chi connectivity index (χ0v) is 22.1. The Labute approximate surface area is 226 Å². The molecule has 38 heavy (non-hydrogen) atoms. The van der Waals surface area contributed by atoms with E-state index >= 15 is 0 Å². The van der Waals surface area contributed by atoms with Gasteiger partial charge in [-0.15, -0.1) is 0 Å². The highest BCUT2D eigenvalue weighted by atomic mass is 35.5. The number of sulfonamides is 1. The summed E-state index contributed by atoms with van der Waals surface area (Å²) in [6.45, 7) is 0.801. The van der Waals surface area contributed by atoms with Crippen LogP contribution in [0.3, 0.4) is 0 Å². The van der Waals surface area contributed by atoms with Gasteiger partial charge in [-0.05, 0) is 59.7 Å². The first-order valence-electron chi connectivity index (χ1n) is 12.5. The van der Waals surface area contributed by atoms with Gasteiger partial charge in [-0.2, -0.15) is 4.31 Å². The molecule has 0 radical (unpaired) electrons. The number of H-pyrrole nitrogens is 1. The van der Waals surface area contributed by atoms with Crippen LogP contribution in [0.25, 0.3) is 32.8 Å². The number of rotatable bonds is 5. The Morgan fingerprint density at radius 2 is 1.58 bits per heavy atom. The second kappa shape index (κ2) is 9.58. The van der Waals surface area contributed by atoms with Gasteiger partial charge in [0.15, 0.2) is 0 Å². The number of benzene rings is 4. The molecule has 1 aliphatic heterocycles. The van der Waals surface area contributed by atoms with Crippen LogP contribution in [0.1, 0.15) is 34.7 Å². The number of amides is 1. The number of nitrogens with one attached hydrogen (secondary N) is 1. The topological polar surface area (TPSA) is 96.3 Å². The number of hydrogen-bond donors (Lipinski definition) is 2. The average molecular weight is 544 g/mol. The molecule has 1 aromatic heterocycles. The Balaban J connectivity index is 1.32. The van der Waals surface area contributed by atoms with Gasteiger partial charge in [-0.1, -0.05) is 66.2 Å². The van der Waals surface area contributed by atoms with Gasteiger partial charge in [0.1, 0.15) is 0 Å². The summed E-state index contributed by atoms with van der Waals surface area (Å²) < 4.78 is 28.9. The predicted octanol–water partition coefficient (Wildman–Crippen LogP) is 6.31. The second-order valence-electron chi connectivity index (χ2n) is 9.69. The molecule has 4 aromatic carbocycles. The molecule has 2 heterocycles. The number of hydrogen-bond acceptors (Lipinski definition) is 3. The van der Waals surface area contributed by atoms with Gasteiger partial charge in [-0.25, -0.2) is 8.42 Å². The van der Waals surface area contributed by atoms with Crippen molar-refractivity contribution in [3.63, 3.8) is 0 Å². The van der Waals surface area contributed by atoms with Crippen LogP contribution in [-0.4, -0.2) is 36.7 Å². The number of nitrogens with zero attached hydrogens (tertiary/aromatic N) is 1. The molecule has 1 fully saturated rings. The van der Waals surface area contributed by atoms with Gasteiger partial charge in [0.25, 0.3) is 5.91 Å². The molecule has 0 saturated carbocycles. The molecule has 1 amide bonds. The Morgan fingerprint density at radius 1 is 0.868 bits per heavy atom. The molecule has 6 nitrogen and oxygen atoms in total. The molecule has 5 aromatic rings. The van der Waals surface area contributed by atoms with E-state index in [2.05, 4.69) is 11.1 Å². The molecular formula is C30H26ClN3O3S. The number of fused-ring (bicyclic) bond motifs is 2. The van der Waals surface area contributed by atoms with Crippen LogP contribution in [0.15, 0.2) is 90.0 Å². The van der Waals surface area contributed by atoms with E-state index in [9.17, 15) is 13.2 Å². The van der Waals surface area contributed by atoms with Gasteiger partial charge in [0.05, 0.1) is 16.0 Å². The normalized spacial score (nSPS) is 15.3. The summed E-state index contributed by atoms with van der Waals surface area (Å²) in [6.07, 6.45) is 3.27. The van der Waals surface area contributed by atoms with Crippen molar-refractivity contribution in [3.05, 3.63) is 101 Å². The minimum atomic E-state index is -3.70. The van der Waals surface area contributed by atoms with Crippen LogP contribution in [0.2, 0.25) is 5.02 Å². The SMILES string of the molecule is NC(=O)c1cc(-c2ccccc2)cc2c(C3CCN(S(=O)(=O)c4cccc5c(Cl)cccc45)CC3)c[nH]c12. The van der Waals surface area contributed by atoms with Crippen molar-refractivity contribution in [2.24, 2.45) is 5.73 Å². The molecule has 0 spiro atoms. The molecule has 0 bridgehead atoms. The molecule has 6 rings (SSSR count). The van der Waals surface area contributed by atoms with E-state index in [0.29, 0.717) is 41.9 Å². The van der Waals surface area contributed by atoms with Gasteiger partial charge >= 0.3 is 0 Å². The summed E-state index contributed by atoms with van der Waals surface area (Å²) in [4.78, 5) is 15.8. The monoisotopic (exact) mass is 543 g/mol. The van der Waals surface area contributed by atoms with Crippen molar-refractivity contribution in [1.29, 1.82) is 0 Å². The fourth-order valence-electron chi connectivity index (χ4n) is 5.60. The summed E-state index contributed by atoms with van der Waals surface area (Å²) in [5, 5.41) is 2.84. The molecule has 3 N–H and O–H groups in total. The molecule has 8 heteroatoms. The maximum atomic E-state index is 13.7. The van der Waals surface area contributed by atoms with Crippen LogP contribution >= 0.6 is 11.6 Å². The largest absolute Gasteiger partial charge is 0.366 e. The van der Waals surface area contributed by atoms with Crippen molar-refractivity contribution < 1.29 is 13.2 Å². The molecule has 0 unspecified atom stereocenters. The Bertz CT molecular complexity index is 1790. The minimum absolute atomic E-state index is 0.143. The van der Waals surface area contributed by atoms with Gasteiger partial charge < -0.3 is 10.7 Å². The van der Waals surface area contributed by atoms with E-state index in [0.717, 1.165) is 33.0 Å². The van der Waals surface area contributed by atoms with Crippen LogP contribution in [0.5, 0.6) is 0 Å². The van der Waals surface area contributed by atoms with Gasteiger partial charge in [0, 0.05) is 40.5 Å². The molecule has 192 valence electrons. The summed E-state index contributed by atoms with van der Waals surface area (Å²) in [7, 11) is -3.70. The third-order valence-electron chi connectivity index (χ3n) is 7.53. The van der Waals surface area contributed by atoms with Crippen molar-refractivity contribution in [2.75, 3.05) is 13.1 Å². The van der Waals surface area contributed by atoms with E-state index in [1.165, 1.54) is 0 Å². The highest BCUT2D eigenvalue weighted by molar-refractivity contribution is 7.89. The van der Waals surface area contributed by atoms with Crippen LogP contribution in [0.4, 0.5) is 0 Å². The lowest BCUT2D eigenvalue weighted by Crippen LogP contribution is -2.37. The third kappa shape index (κ3) is 4.17. The van der Waals surface area contributed by atoms with Crippen molar-refractivity contribution >= 4 is 49.2 Å². The van der Waals surface area contributed by atoms with E-state index in [1.54, 1.807) is 34.6 Å². The smallest absolute Gasteiger partial charge is 0.250 e. The molecule has 0 aliphatic carbocycles. The number of aromatic amines is 1. The van der Waals surface area contributed by atoms with Crippen molar-refractivity contribution in [1.82, 2.24) is 9.29 Å². The lowest BCUT2D eigenvalue weighted by atomic mass is 9.88. The second-order valence-corrected chi connectivity index (χ2v) is 12.0. The number of piperidine rings is 1. The summed E-state index contributed by atoms with van der Waals surface area (Å²) in [6, 6.07) is 24.4. The third-order valence-corrected chi connectivity index (χ3v) is 9.82. The van der Waals surface area contributed by atoms with E-state index in [-0.39, 0.29) is 10.8 Å². The highest BCUT2D eigenvalue weighted by Crippen LogP contribution is 2.38. The van der Waals surface area contributed by atoms with Crippen molar-refractivity contribution in [3.8, 4) is 11.1 Å². The standard InChI is InChI=1S/C30H26ClN3O3S/c31-27-10-4-9-23-22(27)8-5-11-28(23)38(36,37)34-14-12-20(13-15-34)26-18-33-29-24(26)16-21(17-25(29)30(32)35)19-6-2-1-3-7-19/h1-11,16-18,20,33H,12-15H2,(H2,32,35). The molecule has 1 saturated heterocycles. The highest BCUT2D eigenvalue weighted by Gasteiger charge is 2.32. The number of aromatic nitrogens is 1. The first kappa shape index (κ1) is 24.7. The summed E-state index contributed by atoms with van der Waals surface area (Å²) >= 11 is 6.33. The molecular weight excluding hydrogens is 518 g/mol. The number of carbonyl (C=O) groups excluding carboxylic acids is 1. The zero-order chi connectivity index (χ0) is 26.4. The number of halogens is 1. The fourth-order valence-corrected chi connectivity index (χ4v) is 7.51. The maximum absolute atomic E-state index is 13.7. The van der Waals surface area contributed by atoms with E-state index in [1.807, 2.05) is 48.7 Å². The van der Waals surface area contributed by atoms with Crippen LogP contribution in [0, 0.1) is 0 Å². The lowest BCUT2D eigenvalue weighted by Gasteiger charge is -2.31. The summed E-state index contributed by atoms with van der Waals surface area (Å²) in [5.74, 6) is -0.346.